The van der Waals surface area contributed by atoms with E-state index in [0.717, 1.165) is 11.6 Å². The molecule has 2 heterocycles. The molecule has 0 aliphatic heterocycles. The van der Waals surface area contributed by atoms with Crippen molar-refractivity contribution in [2.75, 3.05) is 7.11 Å². The molecule has 2 aromatic heterocycles. The van der Waals surface area contributed by atoms with Crippen molar-refractivity contribution in [3.05, 3.63) is 65.5 Å². The summed E-state index contributed by atoms with van der Waals surface area (Å²) >= 11 is 0. The number of allylic oxidation sites excluding steroid dienone is 2. The van der Waals surface area contributed by atoms with Crippen LogP contribution < -0.4 is 10.1 Å². The molecule has 0 spiro atoms. The van der Waals surface area contributed by atoms with Crippen molar-refractivity contribution in [2.24, 2.45) is 0 Å². The number of nitrogens with one attached hydrogen (secondary N) is 1. The third kappa shape index (κ3) is 4.74. The van der Waals surface area contributed by atoms with Gasteiger partial charge in [-0.2, -0.15) is 18.4 Å². The molecule has 0 unspecified atom stereocenters. The van der Waals surface area contributed by atoms with Gasteiger partial charge in [-0.05, 0) is 37.5 Å². The number of carbonyl (C=O) groups is 1. The third-order valence-corrected chi connectivity index (χ3v) is 5.02. The molecule has 1 N–H and O–H groups in total. The number of nitriles is 1. The second kappa shape index (κ2) is 8.22. The zero-order valence-electron chi connectivity index (χ0n) is 16.9. The molecule has 0 atom stereocenters. The molecule has 0 radical (unpaired) electrons. The number of nitrogens with zero attached hydrogens (tertiary/aromatic N) is 3. The van der Waals surface area contributed by atoms with Crippen LogP contribution in [0.3, 0.4) is 0 Å². The Balaban J connectivity index is 1.80. The summed E-state index contributed by atoms with van der Waals surface area (Å²) < 4.78 is 43.1. The maximum Gasteiger partial charge on any atom is 0.415 e. The molecule has 1 aliphatic rings. The van der Waals surface area contributed by atoms with Crippen molar-refractivity contribution in [2.45, 2.75) is 31.5 Å². The van der Waals surface area contributed by atoms with E-state index >= 15 is 0 Å². The highest BCUT2D eigenvalue weighted by Crippen LogP contribution is 2.45. The van der Waals surface area contributed by atoms with Crippen molar-refractivity contribution in [1.29, 1.82) is 5.26 Å². The number of hydrogen-bond donors (Lipinski definition) is 1. The number of amides is 1. The topological polar surface area (TPSA) is 87.9 Å². The monoisotopic (exact) mass is 428 g/mol. The lowest BCUT2D eigenvalue weighted by Gasteiger charge is -2.19. The maximum atomic E-state index is 12.7. The summed E-state index contributed by atoms with van der Waals surface area (Å²) in [6.45, 7) is 4.27. The number of methoxy groups -OCH3 is 1. The molecule has 0 saturated heterocycles. The zero-order chi connectivity index (χ0) is 22.8. The molecule has 1 amide bonds. The first-order chi connectivity index (χ1) is 14.6. The molecular formula is C22H19F3N4O2. The summed E-state index contributed by atoms with van der Waals surface area (Å²) in [4.78, 5) is 20.8. The molecule has 160 valence electrons. The molecule has 1 aliphatic carbocycles. The first kappa shape index (κ1) is 22.0. The van der Waals surface area contributed by atoms with Gasteiger partial charge in [0, 0.05) is 35.2 Å². The Bertz CT molecular complexity index is 1100. The van der Waals surface area contributed by atoms with E-state index < -0.39 is 23.2 Å². The molecule has 3 rings (SSSR count). The molecule has 1 fully saturated rings. The summed E-state index contributed by atoms with van der Waals surface area (Å²) in [5, 5.41) is 12.1. The normalized spacial score (nSPS) is 15.0. The van der Waals surface area contributed by atoms with E-state index in [-0.39, 0.29) is 5.57 Å². The quantitative estimate of drug-likeness (QED) is 0.551. The first-order valence-electron chi connectivity index (χ1n) is 9.27. The zero-order valence-corrected chi connectivity index (χ0v) is 16.9. The van der Waals surface area contributed by atoms with E-state index in [1.807, 2.05) is 0 Å². The van der Waals surface area contributed by atoms with E-state index in [9.17, 15) is 23.2 Å². The highest BCUT2D eigenvalue weighted by atomic mass is 19.4. The average molecular weight is 428 g/mol. The summed E-state index contributed by atoms with van der Waals surface area (Å²) in [5.74, 6) is -0.258. The van der Waals surface area contributed by atoms with Gasteiger partial charge in [-0.15, -0.1) is 0 Å². The van der Waals surface area contributed by atoms with Crippen LogP contribution in [0.5, 0.6) is 5.88 Å². The first-order valence-corrected chi connectivity index (χ1v) is 9.27. The van der Waals surface area contributed by atoms with Crippen molar-refractivity contribution in [3.8, 4) is 23.2 Å². The van der Waals surface area contributed by atoms with Gasteiger partial charge in [-0.1, -0.05) is 12.6 Å². The number of alkyl halides is 3. The van der Waals surface area contributed by atoms with Gasteiger partial charge >= 0.3 is 6.18 Å². The molecule has 2 aromatic rings. The average Bonchev–Trinajstić information content (AvgIpc) is 3.53. The predicted octanol–water partition coefficient (Wildman–Crippen LogP) is 4.19. The van der Waals surface area contributed by atoms with Gasteiger partial charge in [0.25, 0.3) is 0 Å². The van der Waals surface area contributed by atoms with Crippen molar-refractivity contribution in [1.82, 2.24) is 15.3 Å². The molecule has 0 bridgehead atoms. The fourth-order valence-electron chi connectivity index (χ4n) is 3.02. The highest BCUT2D eigenvalue weighted by Gasteiger charge is 2.46. The summed E-state index contributed by atoms with van der Waals surface area (Å²) in [6.07, 6.45) is 0.406. The van der Waals surface area contributed by atoms with Crippen LogP contribution in [0, 0.1) is 11.3 Å². The lowest BCUT2D eigenvalue weighted by Crippen LogP contribution is -2.35. The van der Waals surface area contributed by atoms with Gasteiger partial charge in [-0.25, -0.2) is 4.98 Å². The van der Waals surface area contributed by atoms with Crippen molar-refractivity contribution in [3.63, 3.8) is 0 Å². The maximum absolute atomic E-state index is 12.7. The van der Waals surface area contributed by atoms with Crippen molar-refractivity contribution < 1.29 is 22.7 Å². The van der Waals surface area contributed by atoms with Gasteiger partial charge in [0.05, 0.1) is 23.9 Å². The van der Waals surface area contributed by atoms with Gasteiger partial charge in [0.2, 0.25) is 11.8 Å². The Hall–Kier alpha value is -3.67. The molecule has 1 saturated carbocycles. The standard InChI is InChI=1S/C22H19F3N4O2/c1-13(8-14(2)22(23,24)25)20(30)29-21(6-7-21)16-4-5-18(27-12-16)17-9-19(31-3)28-11-15(17)10-26/h4-5,8-9,11-12H,2,6-7H2,1,3H3,(H,29,30)/b13-8+. The fourth-order valence-corrected chi connectivity index (χ4v) is 3.02. The van der Waals surface area contributed by atoms with Gasteiger partial charge < -0.3 is 10.1 Å². The van der Waals surface area contributed by atoms with Crippen LogP contribution in [0.15, 0.2) is 54.4 Å². The van der Waals surface area contributed by atoms with Crippen LogP contribution >= 0.6 is 0 Å². The largest absolute Gasteiger partial charge is 0.481 e. The summed E-state index contributed by atoms with van der Waals surface area (Å²) in [5.41, 5.74) is 0.302. The number of ether oxygens (including phenoxy) is 1. The molecule has 6 nitrogen and oxygen atoms in total. The minimum absolute atomic E-state index is 0.0827. The minimum atomic E-state index is -4.59. The Kier molecular flexibility index (Phi) is 5.84. The van der Waals surface area contributed by atoms with Crippen LogP contribution in [0.25, 0.3) is 11.3 Å². The van der Waals surface area contributed by atoms with E-state index in [1.165, 1.54) is 20.2 Å². The van der Waals surface area contributed by atoms with E-state index in [0.29, 0.717) is 35.5 Å². The van der Waals surface area contributed by atoms with Crippen molar-refractivity contribution >= 4 is 5.91 Å². The van der Waals surface area contributed by atoms with Gasteiger partial charge in [0.1, 0.15) is 6.07 Å². The number of aromatic nitrogens is 2. The van der Waals surface area contributed by atoms with Crippen LogP contribution in [0.1, 0.15) is 30.9 Å². The Labute approximate surface area is 177 Å². The molecule has 9 heteroatoms. The van der Waals surface area contributed by atoms with Crippen LogP contribution in [0.4, 0.5) is 13.2 Å². The molecule has 31 heavy (non-hydrogen) atoms. The Morgan fingerprint density at radius 3 is 2.55 bits per heavy atom. The van der Waals surface area contributed by atoms with E-state index in [4.69, 9.17) is 4.74 Å². The molecule has 0 aromatic carbocycles. The fraction of sp³-hybridized carbons (Fsp3) is 0.273. The van der Waals surface area contributed by atoms with Crippen LogP contribution in [-0.4, -0.2) is 29.2 Å². The van der Waals surface area contributed by atoms with Crippen LogP contribution in [0.2, 0.25) is 0 Å². The summed E-state index contributed by atoms with van der Waals surface area (Å²) in [6, 6.07) is 7.16. The minimum Gasteiger partial charge on any atom is -0.481 e. The highest BCUT2D eigenvalue weighted by molar-refractivity contribution is 5.94. The smallest absolute Gasteiger partial charge is 0.415 e. The number of carbonyl (C=O) groups excluding carboxylic acids is 1. The number of hydrogen-bond acceptors (Lipinski definition) is 5. The Morgan fingerprint density at radius 1 is 1.32 bits per heavy atom. The van der Waals surface area contributed by atoms with E-state index in [1.54, 1.807) is 24.4 Å². The number of rotatable bonds is 6. The molecular weight excluding hydrogens is 409 g/mol. The summed E-state index contributed by atoms with van der Waals surface area (Å²) in [7, 11) is 1.47. The van der Waals surface area contributed by atoms with Gasteiger partial charge in [-0.3, -0.25) is 9.78 Å². The van der Waals surface area contributed by atoms with Gasteiger partial charge in [0.15, 0.2) is 0 Å². The number of pyridine rings is 2. The SMILES string of the molecule is C=C(/C=C(\C)C(=O)NC1(c2ccc(-c3cc(OC)ncc3C#N)nc2)CC1)C(F)(F)F. The van der Waals surface area contributed by atoms with Crippen LogP contribution in [-0.2, 0) is 10.3 Å². The Morgan fingerprint density at radius 2 is 2.03 bits per heavy atom. The lowest BCUT2D eigenvalue weighted by molar-refractivity contribution is -0.118. The second-order valence-corrected chi connectivity index (χ2v) is 7.20. The second-order valence-electron chi connectivity index (χ2n) is 7.20. The lowest BCUT2D eigenvalue weighted by atomic mass is 10.0. The predicted molar refractivity (Wildman–Crippen MR) is 107 cm³/mol. The number of halogens is 3. The third-order valence-electron chi connectivity index (χ3n) is 5.02. The van der Waals surface area contributed by atoms with E-state index in [2.05, 4.69) is 27.9 Å².